The van der Waals surface area contributed by atoms with Crippen LogP contribution in [0.2, 0.25) is 0 Å². The van der Waals surface area contributed by atoms with Gasteiger partial charge in [-0.05, 0) is 33.1 Å². The Bertz CT molecular complexity index is 225. The Labute approximate surface area is 124 Å². The minimum Gasteiger partial charge on any atom is -0.357 e. The van der Waals surface area contributed by atoms with Crippen molar-refractivity contribution in [2.75, 3.05) is 13.1 Å². The Hall–Kier alpha value is -0.260. The fourth-order valence-electron chi connectivity index (χ4n) is 1.12. The van der Waals surface area contributed by atoms with E-state index in [2.05, 4.69) is 55.5 Å². The lowest BCUT2D eigenvalue weighted by molar-refractivity contribution is 0.481. The van der Waals surface area contributed by atoms with Crippen LogP contribution in [0, 0.1) is 5.92 Å². The van der Waals surface area contributed by atoms with Gasteiger partial charge in [-0.2, -0.15) is 0 Å². The van der Waals surface area contributed by atoms with Crippen molar-refractivity contribution in [3.8, 4) is 0 Å². The highest BCUT2D eigenvalue weighted by Gasteiger charge is 2.08. The first-order chi connectivity index (χ1) is 7.61. The van der Waals surface area contributed by atoms with E-state index in [-0.39, 0.29) is 24.0 Å². The SMILES string of the molecule is CC=CCCN=C(NCC)NC(C)C(C)C.I. The molecule has 1 unspecified atom stereocenters. The van der Waals surface area contributed by atoms with E-state index in [0.29, 0.717) is 12.0 Å². The molecule has 0 aromatic rings. The maximum atomic E-state index is 4.52. The van der Waals surface area contributed by atoms with Crippen molar-refractivity contribution in [3.63, 3.8) is 0 Å². The van der Waals surface area contributed by atoms with Crippen LogP contribution in [-0.4, -0.2) is 25.1 Å². The van der Waals surface area contributed by atoms with Crippen molar-refractivity contribution in [3.05, 3.63) is 12.2 Å². The smallest absolute Gasteiger partial charge is 0.191 e. The molecular weight excluding hydrogens is 325 g/mol. The fraction of sp³-hybridized carbons (Fsp3) is 0.769. The summed E-state index contributed by atoms with van der Waals surface area (Å²) in [4.78, 5) is 4.52. The first-order valence-corrected chi connectivity index (χ1v) is 6.27. The molecule has 17 heavy (non-hydrogen) atoms. The molecule has 0 saturated carbocycles. The number of nitrogens with zero attached hydrogens (tertiary/aromatic N) is 1. The van der Waals surface area contributed by atoms with Crippen molar-refractivity contribution in [2.45, 2.75) is 47.1 Å². The maximum absolute atomic E-state index is 4.52. The molecule has 3 nitrogen and oxygen atoms in total. The van der Waals surface area contributed by atoms with Crippen LogP contribution in [-0.2, 0) is 0 Å². The third kappa shape index (κ3) is 10.6. The summed E-state index contributed by atoms with van der Waals surface area (Å²) in [6.45, 7) is 12.5. The number of allylic oxidation sites excluding steroid dienone is 1. The normalized spacial score (nSPS) is 13.6. The molecule has 4 heteroatoms. The zero-order valence-corrected chi connectivity index (χ0v) is 14.1. The molecule has 0 aliphatic heterocycles. The minimum absolute atomic E-state index is 0. The van der Waals surface area contributed by atoms with Gasteiger partial charge in [-0.15, -0.1) is 24.0 Å². The number of hydrogen-bond acceptors (Lipinski definition) is 1. The molecule has 0 saturated heterocycles. The van der Waals surface area contributed by atoms with E-state index in [1.54, 1.807) is 0 Å². The molecule has 0 aliphatic carbocycles. The second kappa shape index (κ2) is 12.2. The monoisotopic (exact) mass is 353 g/mol. The molecule has 102 valence electrons. The molecule has 0 heterocycles. The van der Waals surface area contributed by atoms with Gasteiger partial charge in [0.15, 0.2) is 5.96 Å². The quantitative estimate of drug-likeness (QED) is 0.253. The molecule has 2 N–H and O–H groups in total. The van der Waals surface area contributed by atoms with Gasteiger partial charge < -0.3 is 10.6 Å². The topological polar surface area (TPSA) is 36.4 Å². The molecular formula is C13H28IN3. The Balaban J connectivity index is 0. The Kier molecular flexibility index (Phi) is 13.7. The number of guanidine groups is 1. The van der Waals surface area contributed by atoms with Gasteiger partial charge in [0.1, 0.15) is 0 Å². The van der Waals surface area contributed by atoms with Crippen LogP contribution in [0.4, 0.5) is 0 Å². The second-order valence-corrected chi connectivity index (χ2v) is 4.30. The third-order valence-electron chi connectivity index (χ3n) is 2.51. The van der Waals surface area contributed by atoms with Crippen LogP contribution in [0.1, 0.15) is 41.0 Å². The van der Waals surface area contributed by atoms with Gasteiger partial charge in [-0.3, -0.25) is 4.99 Å². The third-order valence-corrected chi connectivity index (χ3v) is 2.51. The standard InChI is InChI=1S/C13H27N3.HI/c1-6-8-9-10-15-13(14-7-2)16-12(5)11(3)4;/h6,8,11-12H,7,9-10H2,1-5H3,(H2,14,15,16);1H. The van der Waals surface area contributed by atoms with Crippen LogP contribution in [0.25, 0.3) is 0 Å². The van der Waals surface area contributed by atoms with Crippen LogP contribution in [0.15, 0.2) is 17.1 Å². The van der Waals surface area contributed by atoms with Crippen molar-refractivity contribution >= 4 is 29.9 Å². The predicted molar refractivity (Wildman–Crippen MR) is 88.3 cm³/mol. The summed E-state index contributed by atoms with van der Waals surface area (Å²) in [7, 11) is 0. The highest BCUT2D eigenvalue weighted by Crippen LogP contribution is 1.99. The van der Waals surface area contributed by atoms with Gasteiger partial charge in [-0.25, -0.2) is 0 Å². The second-order valence-electron chi connectivity index (χ2n) is 4.30. The van der Waals surface area contributed by atoms with E-state index in [4.69, 9.17) is 0 Å². The molecule has 1 atom stereocenters. The maximum Gasteiger partial charge on any atom is 0.191 e. The molecule has 0 fully saturated rings. The number of nitrogens with one attached hydrogen (secondary N) is 2. The van der Waals surface area contributed by atoms with Gasteiger partial charge in [0.2, 0.25) is 0 Å². The number of rotatable bonds is 6. The van der Waals surface area contributed by atoms with E-state index in [9.17, 15) is 0 Å². The highest BCUT2D eigenvalue weighted by atomic mass is 127. The summed E-state index contributed by atoms with van der Waals surface area (Å²) in [6, 6.07) is 0.444. The van der Waals surface area contributed by atoms with Gasteiger partial charge >= 0.3 is 0 Å². The zero-order chi connectivity index (χ0) is 12.4. The molecule has 0 aromatic carbocycles. The number of hydrogen-bond donors (Lipinski definition) is 2. The van der Waals surface area contributed by atoms with Crippen LogP contribution in [0.3, 0.4) is 0 Å². The molecule has 0 rings (SSSR count). The van der Waals surface area contributed by atoms with E-state index in [0.717, 1.165) is 25.5 Å². The van der Waals surface area contributed by atoms with Crippen molar-refractivity contribution in [2.24, 2.45) is 10.9 Å². The highest BCUT2D eigenvalue weighted by molar-refractivity contribution is 14.0. The van der Waals surface area contributed by atoms with Crippen LogP contribution >= 0.6 is 24.0 Å². The Morgan fingerprint density at radius 2 is 1.94 bits per heavy atom. The Morgan fingerprint density at radius 3 is 2.41 bits per heavy atom. The summed E-state index contributed by atoms with van der Waals surface area (Å²) in [5.41, 5.74) is 0. The summed E-state index contributed by atoms with van der Waals surface area (Å²) >= 11 is 0. The molecule has 0 aliphatic rings. The number of aliphatic imine (C=N–C) groups is 1. The lowest BCUT2D eigenvalue weighted by Crippen LogP contribution is -2.44. The molecule has 0 aromatic heterocycles. The average molecular weight is 353 g/mol. The first kappa shape index (κ1) is 19.1. The summed E-state index contributed by atoms with van der Waals surface area (Å²) in [5.74, 6) is 1.53. The number of halogens is 1. The van der Waals surface area contributed by atoms with Gasteiger partial charge in [0, 0.05) is 19.1 Å². The van der Waals surface area contributed by atoms with Gasteiger partial charge in [-0.1, -0.05) is 26.0 Å². The van der Waals surface area contributed by atoms with E-state index in [1.807, 2.05) is 6.92 Å². The zero-order valence-electron chi connectivity index (χ0n) is 11.8. The fourth-order valence-corrected chi connectivity index (χ4v) is 1.12. The first-order valence-electron chi connectivity index (χ1n) is 6.27. The van der Waals surface area contributed by atoms with Crippen molar-refractivity contribution in [1.82, 2.24) is 10.6 Å². The molecule has 0 amide bonds. The lowest BCUT2D eigenvalue weighted by atomic mass is 10.1. The van der Waals surface area contributed by atoms with E-state index in [1.165, 1.54) is 0 Å². The van der Waals surface area contributed by atoms with Crippen LogP contribution < -0.4 is 10.6 Å². The molecule has 0 spiro atoms. The summed E-state index contributed by atoms with van der Waals surface area (Å²) in [5, 5.41) is 6.67. The molecule has 0 radical (unpaired) electrons. The van der Waals surface area contributed by atoms with Crippen LogP contribution in [0.5, 0.6) is 0 Å². The van der Waals surface area contributed by atoms with Gasteiger partial charge in [0.25, 0.3) is 0 Å². The van der Waals surface area contributed by atoms with E-state index >= 15 is 0 Å². The van der Waals surface area contributed by atoms with E-state index < -0.39 is 0 Å². The largest absolute Gasteiger partial charge is 0.357 e. The van der Waals surface area contributed by atoms with Crippen molar-refractivity contribution in [1.29, 1.82) is 0 Å². The predicted octanol–water partition coefficient (Wildman–Crippen LogP) is 3.17. The minimum atomic E-state index is 0. The lowest BCUT2D eigenvalue weighted by Gasteiger charge is -2.20. The van der Waals surface area contributed by atoms with Crippen molar-refractivity contribution < 1.29 is 0 Å². The molecule has 0 bridgehead atoms. The Morgan fingerprint density at radius 1 is 1.29 bits per heavy atom. The average Bonchev–Trinajstić information content (AvgIpc) is 2.24. The van der Waals surface area contributed by atoms with Gasteiger partial charge in [0.05, 0.1) is 0 Å². The summed E-state index contributed by atoms with van der Waals surface area (Å²) < 4.78 is 0. The summed E-state index contributed by atoms with van der Waals surface area (Å²) in [6.07, 6.45) is 5.20.